The molecule has 2 aliphatic rings. The maximum absolute atomic E-state index is 9.93. The van der Waals surface area contributed by atoms with Crippen molar-refractivity contribution in [2.24, 2.45) is 11.8 Å². The Labute approximate surface area is 53.4 Å². The lowest BCUT2D eigenvalue weighted by molar-refractivity contribution is -0.109. The summed E-state index contributed by atoms with van der Waals surface area (Å²) in [5.41, 5.74) is 0. The van der Waals surface area contributed by atoms with E-state index in [9.17, 15) is 4.79 Å². The predicted octanol–water partition coefficient (Wildman–Crippen LogP) is -0.623. The van der Waals surface area contributed by atoms with Crippen molar-refractivity contribution in [3.8, 4) is 0 Å². The normalized spacial score (nSPS) is 46.0. The van der Waals surface area contributed by atoms with Gasteiger partial charge in [-0.25, -0.2) is 0 Å². The van der Waals surface area contributed by atoms with Gasteiger partial charge in [-0.15, -0.1) is 0 Å². The van der Waals surface area contributed by atoms with Crippen LogP contribution in [0.4, 0.5) is 0 Å². The van der Waals surface area contributed by atoms with Crippen LogP contribution in [0.3, 0.4) is 0 Å². The highest BCUT2D eigenvalue weighted by Gasteiger charge is 2.53. The highest BCUT2D eigenvalue weighted by atomic mass is 16.5. The first-order valence-electron chi connectivity index (χ1n) is 3.21. The Morgan fingerprint density at radius 1 is 1.44 bits per heavy atom. The maximum atomic E-state index is 9.93. The van der Waals surface area contributed by atoms with Crippen molar-refractivity contribution < 1.29 is 9.53 Å². The zero-order chi connectivity index (χ0) is 6.27. The number of carbonyl (C=O) groups is 1. The van der Waals surface area contributed by atoms with Gasteiger partial charge in [-0.05, 0) is 0 Å². The highest BCUT2D eigenvalue weighted by Crippen LogP contribution is 2.43. The summed E-state index contributed by atoms with van der Waals surface area (Å²) in [4.78, 5) is 9.93. The second kappa shape index (κ2) is 1.70. The fourth-order valence-corrected chi connectivity index (χ4v) is 1.57. The van der Waals surface area contributed by atoms with Gasteiger partial charge >= 0.3 is 0 Å². The zero-order valence-electron chi connectivity index (χ0n) is 5.04. The van der Waals surface area contributed by atoms with E-state index in [4.69, 9.17) is 4.74 Å². The summed E-state index contributed by atoms with van der Waals surface area (Å²) in [5.74, 6) is 1.27. The number of fused-ring (bicyclic) bond motifs is 1. The van der Waals surface area contributed by atoms with Crippen molar-refractivity contribution in [1.29, 1.82) is 0 Å². The molecule has 0 aromatic heterocycles. The van der Waals surface area contributed by atoms with E-state index < -0.39 is 0 Å². The van der Waals surface area contributed by atoms with E-state index in [1.807, 2.05) is 0 Å². The molecule has 50 valence electrons. The molecule has 2 fully saturated rings. The Kier molecular flexibility index (Phi) is 0.990. The van der Waals surface area contributed by atoms with Gasteiger partial charge in [0.05, 0.1) is 13.2 Å². The fourth-order valence-electron chi connectivity index (χ4n) is 1.57. The van der Waals surface area contributed by atoms with E-state index in [-0.39, 0.29) is 0 Å². The molecule has 1 saturated carbocycles. The third-order valence-corrected chi connectivity index (χ3v) is 2.21. The predicted molar refractivity (Wildman–Crippen MR) is 30.8 cm³/mol. The number of amides is 1. The standard InChI is InChI=1S/C6H9NO2/c8-3-7-6-4-1-9-2-5(4)6/h3-6H,1-2H2,(H,7,8)/t4-,5+,6?. The van der Waals surface area contributed by atoms with Gasteiger partial charge in [0.15, 0.2) is 0 Å². The summed E-state index contributed by atoms with van der Waals surface area (Å²) >= 11 is 0. The molecule has 1 N–H and O–H groups in total. The molecule has 1 saturated heterocycles. The van der Waals surface area contributed by atoms with Crippen LogP contribution in [0.15, 0.2) is 0 Å². The quantitative estimate of drug-likeness (QED) is 0.502. The Morgan fingerprint density at radius 2 is 2.11 bits per heavy atom. The van der Waals surface area contributed by atoms with Crippen LogP contribution in [0.5, 0.6) is 0 Å². The summed E-state index contributed by atoms with van der Waals surface area (Å²) in [7, 11) is 0. The minimum absolute atomic E-state index is 0.441. The smallest absolute Gasteiger partial charge is 0.207 e. The number of ether oxygens (including phenoxy) is 1. The molecular weight excluding hydrogens is 118 g/mol. The van der Waals surface area contributed by atoms with Gasteiger partial charge in [-0.1, -0.05) is 0 Å². The van der Waals surface area contributed by atoms with Gasteiger partial charge in [-0.3, -0.25) is 4.79 Å². The number of hydrogen-bond acceptors (Lipinski definition) is 2. The van der Waals surface area contributed by atoms with Gasteiger partial charge in [0, 0.05) is 17.9 Å². The van der Waals surface area contributed by atoms with E-state index >= 15 is 0 Å². The first-order valence-corrected chi connectivity index (χ1v) is 3.21. The molecule has 0 spiro atoms. The SMILES string of the molecule is O=CNC1[C@H]2COC[C@@H]12. The van der Waals surface area contributed by atoms with Crippen molar-refractivity contribution in [2.75, 3.05) is 13.2 Å². The van der Waals surface area contributed by atoms with Crippen molar-refractivity contribution >= 4 is 6.41 Å². The average Bonchev–Trinajstić information content (AvgIpc) is 2.39. The number of hydrogen-bond donors (Lipinski definition) is 1. The second-order valence-corrected chi connectivity index (χ2v) is 2.68. The fraction of sp³-hybridized carbons (Fsp3) is 0.833. The molecule has 0 radical (unpaired) electrons. The third kappa shape index (κ3) is 0.645. The van der Waals surface area contributed by atoms with E-state index in [0.717, 1.165) is 19.6 Å². The van der Waals surface area contributed by atoms with Crippen molar-refractivity contribution in [2.45, 2.75) is 6.04 Å². The van der Waals surface area contributed by atoms with Crippen LogP contribution in [0, 0.1) is 11.8 Å². The van der Waals surface area contributed by atoms with Gasteiger partial charge < -0.3 is 10.1 Å². The Hall–Kier alpha value is -0.570. The third-order valence-electron chi connectivity index (χ3n) is 2.21. The van der Waals surface area contributed by atoms with Crippen LogP contribution >= 0.6 is 0 Å². The van der Waals surface area contributed by atoms with Crippen LogP contribution in [0.1, 0.15) is 0 Å². The monoisotopic (exact) mass is 127 g/mol. The minimum Gasteiger partial charge on any atom is -0.381 e. The molecule has 2 rings (SSSR count). The second-order valence-electron chi connectivity index (χ2n) is 2.68. The van der Waals surface area contributed by atoms with Crippen LogP contribution in [0.25, 0.3) is 0 Å². The van der Waals surface area contributed by atoms with Crippen LogP contribution in [0.2, 0.25) is 0 Å². The number of carbonyl (C=O) groups excluding carboxylic acids is 1. The van der Waals surface area contributed by atoms with Crippen LogP contribution in [-0.2, 0) is 9.53 Å². The van der Waals surface area contributed by atoms with Crippen LogP contribution in [-0.4, -0.2) is 25.7 Å². The average molecular weight is 127 g/mol. The molecule has 1 unspecified atom stereocenters. The molecule has 1 heterocycles. The zero-order valence-corrected chi connectivity index (χ0v) is 5.04. The van der Waals surface area contributed by atoms with Crippen molar-refractivity contribution in [1.82, 2.24) is 5.32 Å². The van der Waals surface area contributed by atoms with Crippen molar-refractivity contribution in [3.63, 3.8) is 0 Å². The Morgan fingerprint density at radius 3 is 2.67 bits per heavy atom. The molecule has 3 nitrogen and oxygen atoms in total. The van der Waals surface area contributed by atoms with Gasteiger partial charge in [0.2, 0.25) is 6.41 Å². The Balaban J connectivity index is 1.87. The number of nitrogens with one attached hydrogen (secondary N) is 1. The molecular formula is C6H9NO2. The lowest BCUT2D eigenvalue weighted by atomic mass is 10.4. The number of rotatable bonds is 2. The largest absolute Gasteiger partial charge is 0.381 e. The van der Waals surface area contributed by atoms with Gasteiger partial charge in [-0.2, -0.15) is 0 Å². The van der Waals surface area contributed by atoms with E-state index in [1.165, 1.54) is 0 Å². The van der Waals surface area contributed by atoms with E-state index in [0.29, 0.717) is 17.9 Å². The van der Waals surface area contributed by atoms with Crippen molar-refractivity contribution in [3.05, 3.63) is 0 Å². The summed E-state index contributed by atoms with van der Waals surface area (Å²) in [6, 6.07) is 0.441. The van der Waals surface area contributed by atoms with Gasteiger partial charge in [0.1, 0.15) is 0 Å². The van der Waals surface area contributed by atoms with Crippen LogP contribution < -0.4 is 5.32 Å². The Bertz CT molecular complexity index is 127. The summed E-state index contributed by atoms with van der Waals surface area (Å²) in [5, 5.41) is 2.76. The lowest BCUT2D eigenvalue weighted by Crippen LogP contribution is -2.20. The topological polar surface area (TPSA) is 38.3 Å². The van der Waals surface area contributed by atoms with E-state index in [1.54, 1.807) is 0 Å². The molecule has 0 bridgehead atoms. The maximum Gasteiger partial charge on any atom is 0.207 e. The van der Waals surface area contributed by atoms with Gasteiger partial charge in [0.25, 0.3) is 0 Å². The molecule has 1 aliphatic heterocycles. The molecule has 1 amide bonds. The molecule has 3 atom stereocenters. The summed E-state index contributed by atoms with van der Waals surface area (Å²) in [6.45, 7) is 1.69. The molecule has 3 heteroatoms. The molecule has 9 heavy (non-hydrogen) atoms. The first-order chi connectivity index (χ1) is 4.43. The summed E-state index contributed by atoms with van der Waals surface area (Å²) in [6.07, 6.45) is 0.781. The molecule has 0 aromatic carbocycles. The first kappa shape index (κ1) is 5.23. The lowest BCUT2D eigenvalue weighted by Gasteiger charge is -1.99. The molecule has 1 aliphatic carbocycles. The summed E-state index contributed by atoms with van der Waals surface area (Å²) < 4.78 is 5.13. The molecule has 0 aromatic rings. The highest BCUT2D eigenvalue weighted by molar-refractivity contribution is 5.48. The van der Waals surface area contributed by atoms with E-state index in [2.05, 4.69) is 5.32 Å². The minimum atomic E-state index is 0.441.